The Hall–Kier alpha value is -2.13. The molecule has 0 bridgehead atoms. The molecule has 0 radical (unpaired) electrons. The van der Waals surface area contributed by atoms with E-state index in [9.17, 15) is 18.0 Å². The fourth-order valence-corrected chi connectivity index (χ4v) is 3.24. The van der Waals surface area contributed by atoms with Gasteiger partial charge in [-0.25, -0.2) is 8.42 Å². The average molecular weight is 356 g/mol. The molecule has 0 aliphatic heterocycles. The maximum Gasteiger partial charge on any atom is 0.291 e. The number of nitrogens with one attached hydrogen (secondary N) is 2. The minimum Gasteiger partial charge on any atom is -0.459 e. The summed E-state index contributed by atoms with van der Waals surface area (Å²) in [6, 6.07) is 4.82. The molecule has 0 unspecified atom stereocenters. The Morgan fingerprint density at radius 1 is 1.30 bits per heavy atom. The van der Waals surface area contributed by atoms with Crippen molar-refractivity contribution in [3.05, 3.63) is 40.7 Å². The largest absolute Gasteiger partial charge is 0.459 e. The average Bonchev–Trinajstić information content (AvgIpc) is 3.06. The Morgan fingerprint density at radius 3 is 2.65 bits per heavy atom. The lowest BCUT2D eigenvalue weighted by Crippen LogP contribution is -2.28. The smallest absolute Gasteiger partial charge is 0.291 e. The first-order valence-corrected chi connectivity index (χ1v) is 9.55. The van der Waals surface area contributed by atoms with Crippen LogP contribution in [0.15, 0.2) is 28.9 Å². The third-order valence-electron chi connectivity index (χ3n) is 2.86. The predicted octanol–water partition coefficient (Wildman–Crippen LogP) is 1.68. The minimum absolute atomic E-state index is 0.0447. The number of thiophene rings is 1. The molecule has 124 valence electrons. The number of carbonyl (C=O) groups is 2. The van der Waals surface area contributed by atoms with Crippen LogP contribution in [0.25, 0.3) is 0 Å². The molecule has 2 rings (SSSR count). The van der Waals surface area contributed by atoms with Gasteiger partial charge in [0, 0.05) is 12.8 Å². The van der Waals surface area contributed by atoms with Crippen LogP contribution in [0.5, 0.6) is 0 Å². The third-order valence-corrected chi connectivity index (χ3v) is 4.96. The van der Waals surface area contributed by atoms with Crippen molar-refractivity contribution < 1.29 is 22.4 Å². The van der Waals surface area contributed by atoms with E-state index in [0.717, 1.165) is 17.6 Å². The fraction of sp³-hybridized carbons (Fsp3) is 0.286. The fourth-order valence-electron chi connectivity index (χ4n) is 1.78. The number of hydrogen-bond acceptors (Lipinski definition) is 6. The van der Waals surface area contributed by atoms with Crippen LogP contribution in [0, 0.1) is 6.92 Å². The number of carbonyl (C=O) groups excluding carboxylic acids is 2. The molecular formula is C14H16N2O5S2. The number of amides is 2. The molecule has 0 aromatic carbocycles. The summed E-state index contributed by atoms with van der Waals surface area (Å²) in [5, 5.41) is 5.71. The second-order valence-corrected chi connectivity index (χ2v) is 8.25. The lowest BCUT2D eigenvalue weighted by Gasteiger charge is -2.03. The Bertz CT molecular complexity index is 806. The van der Waals surface area contributed by atoms with E-state index in [0.29, 0.717) is 15.4 Å². The summed E-state index contributed by atoms with van der Waals surface area (Å²) in [5.41, 5.74) is 0.696. The van der Waals surface area contributed by atoms with Crippen molar-refractivity contribution >= 4 is 38.0 Å². The van der Waals surface area contributed by atoms with Gasteiger partial charge < -0.3 is 15.1 Å². The number of sulfone groups is 1. The zero-order chi connectivity index (χ0) is 17.0. The molecule has 7 nitrogen and oxygen atoms in total. The van der Waals surface area contributed by atoms with Gasteiger partial charge >= 0.3 is 0 Å². The van der Waals surface area contributed by atoms with Crippen molar-refractivity contribution in [1.29, 1.82) is 0 Å². The molecule has 2 heterocycles. The summed E-state index contributed by atoms with van der Waals surface area (Å²) in [6.45, 7) is 1.79. The van der Waals surface area contributed by atoms with E-state index in [-0.39, 0.29) is 24.0 Å². The first-order valence-electron chi connectivity index (χ1n) is 6.67. The number of hydrogen-bond donors (Lipinski definition) is 2. The Labute approximate surface area is 137 Å². The predicted molar refractivity (Wildman–Crippen MR) is 87.8 cm³/mol. The van der Waals surface area contributed by atoms with Gasteiger partial charge in [0.1, 0.15) is 9.84 Å². The van der Waals surface area contributed by atoms with Gasteiger partial charge in [-0.3, -0.25) is 9.59 Å². The van der Waals surface area contributed by atoms with Gasteiger partial charge in [0.2, 0.25) is 0 Å². The molecule has 0 atom stereocenters. The highest BCUT2D eigenvalue weighted by molar-refractivity contribution is 7.90. The second-order valence-electron chi connectivity index (χ2n) is 4.94. The molecule has 23 heavy (non-hydrogen) atoms. The number of aryl methyl sites for hydroxylation is 1. The van der Waals surface area contributed by atoms with E-state index in [1.165, 1.54) is 12.3 Å². The Morgan fingerprint density at radius 2 is 2.04 bits per heavy atom. The lowest BCUT2D eigenvalue weighted by atomic mass is 10.3. The molecule has 2 aromatic rings. The second kappa shape index (κ2) is 6.97. The molecule has 0 spiro atoms. The number of furan rings is 1. The van der Waals surface area contributed by atoms with Gasteiger partial charge in [-0.2, -0.15) is 0 Å². The molecule has 2 N–H and O–H groups in total. The molecule has 0 saturated heterocycles. The van der Waals surface area contributed by atoms with E-state index < -0.39 is 15.7 Å². The first kappa shape index (κ1) is 17.2. The quantitative estimate of drug-likeness (QED) is 0.819. The van der Waals surface area contributed by atoms with E-state index in [1.54, 1.807) is 19.1 Å². The molecule has 2 aromatic heterocycles. The van der Waals surface area contributed by atoms with Gasteiger partial charge in [0.05, 0.1) is 21.9 Å². The van der Waals surface area contributed by atoms with Crippen LogP contribution in [0.4, 0.5) is 5.00 Å². The molecule has 0 saturated carbocycles. The highest BCUT2D eigenvalue weighted by Crippen LogP contribution is 2.27. The van der Waals surface area contributed by atoms with Crippen LogP contribution in [0.2, 0.25) is 0 Å². The molecule has 0 aliphatic carbocycles. The van der Waals surface area contributed by atoms with Crippen LogP contribution in [0.3, 0.4) is 0 Å². The monoisotopic (exact) mass is 356 g/mol. The number of anilines is 1. The van der Waals surface area contributed by atoms with Crippen LogP contribution < -0.4 is 10.6 Å². The summed E-state index contributed by atoms with van der Waals surface area (Å²) < 4.78 is 27.1. The summed E-state index contributed by atoms with van der Waals surface area (Å²) in [6.07, 6.45) is 2.51. The van der Waals surface area contributed by atoms with Gasteiger partial charge in [-0.05, 0) is 30.7 Å². The molecular weight excluding hydrogens is 340 g/mol. The van der Waals surface area contributed by atoms with Gasteiger partial charge in [0.15, 0.2) is 5.76 Å². The standard InChI is InChI=1S/C14H16N2O5S2/c1-9-8-11(16-13(17)10-4-3-6-21-10)22-12(9)14(18)15-5-7-23(2,19)20/h3-4,6,8H,5,7H2,1-2H3,(H,15,18)(H,16,17). The highest BCUT2D eigenvalue weighted by atomic mass is 32.2. The van der Waals surface area contributed by atoms with E-state index in [1.807, 2.05) is 0 Å². The van der Waals surface area contributed by atoms with Crippen molar-refractivity contribution in [2.45, 2.75) is 6.92 Å². The SMILES string of the molecule is Cc1cc(NC(=O)c2ccco2)sc1C(=O)NCCS(C)(=O)=O. The normalized spacial score (nSPS) is 11.2. The van der Waals surface area contributed by atoms with Crippen molar-refractivity contribution in [3.8, 4) is 0 Å². The zero-order valence-corrected chi connectivity index (χ0v) is 14.2. The van der Waals surface area contributed by atoms with Crippen molar-refractivity contribution in [2.75, 3.05) is 23.9 Å². The van der Waals surface area contributed by atoms with Gasteiger partial charge in [0.25, 0.3) is 11.8 Å². The van der Waals surface area contributed by atoms with Crippen molar-refractivity contribution in [3.63, 3.8) is 0 Å². The number of rotatable bonds is 6. The first-order chi connectivity index (χ1) is 10.8. The maximum absolute atomic E-state index is 12.1. The zero-order valence-electron chi connectivity index (χ0n) is 12.6. The van der Waals surface area contributed by atoms with E-state index >= 15 is 0 Å². The van der Waals surface area contributed by atoms with Gasteiger partial charge in [-0.1, -0.05) is 0 Å². The molecule has 2 amide bonds. The van der Waals surface area contributed by atoms with Crippen LogP contribution in [-0.4, -0.2) is 38.8 Å². The van der Waals surface area contributed by atoms with Crippen molar-refractivity contribution in [2.24, 2.45) is 0 Å². The van der Waals surface area contributed by atoms with E-state index in [2.05, 4.69) is 10.6 Å². The summed E-state index contributed by atoms with van der Waals surface area (Å²) in [4.78, 5) is 24.4. The summed E-state index contributed by atoms with van der Waals surface area (Å²) in [7, 11) is -3.13. The Balaban J connectivity index is 2.00. The molecule has 9 heteroatoms. The third kappa shape index (κ3) is 4.93. The van der Waals surface area contributed by atoms with Crippen LogP contribution in [0.1, 0.15) is 25.8 Å². The lowest BCUT2D eigenvalue weighted by molar-refractivity contribution is 0.0958. The Kier molecular flexibility index (Phi) is 5.22. The topological polar surface area (TPSA) is 105 Å². The summed E-state index contributed by atoms with van der Waals surface area (Å²) >= 11 is 1.12. The molecule has 0 aliphatic rings. The van der Waals surface area contributed by atoms with Gasteiger partial charge in [-0.15, -0.1) is 11.3 Å². The van der Waals surface area contributed by atoms with Crippen LogP contribution >= 0.6 is 11.3 Å². The molecule has 0 fully saturated rings. The summed E-state index contributed by atoms with van der Waals surface area (Å²) in [5.74, 6) is -0.712. The van der Waals surface area contributed by atoms with Crippen molar-refractivity contribution in [1.82, 2.24) is 5.32 Å². The maximum atomic E-state index is 12.1. The highest BCUT2D eigenvalue weighted by Gasteiger charge is 2.16. The van der Waals surface area contributed by atoms with Crippen LogP contribution in [-0.2, 0) is 9.84 Å². The van der Waals surface area contributed by atoms with E-state index in [4.69, 9.17) is 4.42 Å². The minimum atomic E-state index is -3.13.